The van der Waals surface area contributed by atoms with Crippen LogP contribution in [-0.2, 0) is 6.54 Å². The molecule has 1 saturated heterocycles. The number of likely N-dealkylation sites (tertiary alicyclic amines) is 1. The Morgan fingerprint density at radius 1 is 0.929 bits per heavy atom. The SMILES string of the molecule is O=C(c1ccc2nccnc2c1)N1CCC(Cn2cnc3ccccc32)CC1. The van der Waals surface area contributed by atoms with E-state index in [9.17, 15) is 4.79 Å². The van der Waals surface area contributed by atoms with Crippen molar-refractivity contribution >= 4 is 28.0 Å². The number of fused-ring (bicyclic) bond motifs is 2. The Kier molecular flexibility index (Phi) is 4.24. The average molecular weight is 371 g/mol. The molecule has 2 aromatic carbocycles. The largest absolute Gasteiger partial charge is 0.339 e. The highest BCUT2D eigenvalue weighted by Crippen LogP contribution is 2.23. The van der Waals surface area contributed by atoms with Crippen LogP contribution in [0.15, 0.2) is 61.2 Å². The third-order valence-corrected chi connectivity index (χ3v) is 5.60. The number of aromatic nitrogens is 4. The Morgan fingerprint density at radius 2 is 1.71 bits per heavy atom. The standard InChI is InChI=1S/C22H21N5O/c28-22(17-5-6-18-20(13-17)24-10-9-23-18)26-11-7-16(8-12-26)14-27-15-25-19-3-1-2-4-21(19)27/h1-6,9-10,13,15-16H,7-8,11-12,14H2. The smallest absolute Gasteiger partial charge is 0.253 e. The summed E-state index contributed by atoms with van der Waals surface area (Å²) in [5.41, 5.74) is 4.47. The van der Waals surface area contributed by atoms with E-state index in [4.69, 9.17) is 0 Å². The van der Waals surface area contributed by atoms with Crippen LogP contribution >= 0.6 is 0 Å². The molecule has 6 heteroatoms. The minimum Gasteiger partial charge on any atom is -0.339 e. The van der Waals surface area contributed by atoms with Gasteiger partial charge in [-0.15, -0.1) is 0 Å². The van der Waals surface area contributed by atoms with Crippen LogP contribution in [0.2, 0.25) is 0 Å². The van der Waals surface area contributed by atoms with Crippen molar-refractivity contribution in [2.24, 2.45) is 5.92 Å². The number of hydrogen-bond donors (Lipinski definition) is 0. The van der Waals surface area contributed by atoms with E-state index in [0.717, 1.165) is 49.0 Å². The molecule has 1 amide bonds. The van der Waals surface area contributed by atoms with Crippen molar-refractivity contribution in [1.29, 1.82) is 0 Å². The van der Waals surface area contributed by atoms with E-state index in [1.54, 1.807) is 12.4 Å². The molecular formula is C22H21N5O. The van der Waals surface area contributed by atoms with Gasteiger partial charge < -0.3 is 9.47 Å². The number of carbonyl (C=O) groups is 1. The van der Waals surface area contributed by atoms with Crippen molar-refractivity contribution < 1.29 is 4.79 Å². The highest BCUT2D eigenvalue weighted by Gasteiger charge is 2.24. The molecule has 0 aliphatic carbocycles. The van der Waals surface area contributed by atoms with Gasteiger partial charge in [-0.1, -0.05) is 12.1 Å². The van der Waals surface area contributed by atoms with E-state index < -0.39 is 0 Å². The fourth-order valence-electron chi connectivity index (χ4n) is 4.03. The molecule has 0 saturated carbocycles. The fourth-order valence-corrected chi connectivity index (χ4v) is 4.03. The molecular weight excluding hydrogens is 350 g/mol. The first-order chi connectivity index (χ1) is 13.8. The molecule has 6 nitrogen and oxygen atoms in total. The molecule has 28 heavy (non-hydrogen) atoms. The fraction of sp³-hybridized carbons (Fsp3) is 0.273. The topological polar surface area (TPSA) is 63.9 Å². The van der Waals surface area contributed by atoms with E-state index in [0.29, 0.717) is 11.5 Å². The molecule has 1 aliphatic heterocycles. The zero-order valence-electron chi connectivity index (χ0n) is 15.5. The minimum atomic E-state index is 0.0825. The number of nitrogens with zero attached hydrogens (tertiary/aromatic N) is 5. The number of piperidine rings is 1. The Bertz CT molecular complexity index is 1140. The lowest BCUT2D eigenvalue weighted by Crippen LogP contribution is -2.39. The summed E-state index contributed by atoms with van der Waals surface area (Å²) in [4.78, 5) is 27.9. The van der Waals surface area contributed by atoms with Crippen LogP contribution in [0.1, 0.15) is 23.2 Å². The first-order valence-electron chi connectivity index (χ1n) is 9.68. The van der Waals surface area contributed by atoms with E-state index in [-0.39, 0.29) is 5.91 Å². The van der Waals surface area contributed by atoms with Crippen LogP contribution in [0.5, 0.6) is 0 Å². The molecule has 4 aromatic rings. The predicted octanol–water partition coefficient (Wildman–Crippen LogP) is 3.53. The van der Waals surface area contributed by atoms with Crippen molar-refractivity contribution in [2.45, 2.75) is 19.4 Å². The van der Waals surface area contributed by atoms with Crippen LogP contribution in [0.3, 0.4) is 0 Å². The summed E-state index contributed by atoms with van der Waals surface area (Å²) in [7, 11) is 0. The number of amides is 1. The van der Waals surface area contributed by atoms with Gasteiger partial charge in [-0.25, -0.2) is 4.98 Å². The lowest BCUT2D eigenvalue weighted by atomic mass is 9.96. The van der Waals surface area contributed by atoms with Gasteiger partial charge in [0.2, 0.25) is 0 Å². The average Bonchev–Trinajstić information content (AvgIpc) is 3.16. The van der Waals surface area contributed by atoms with Gasteiger partial charge >= 0.3 is 0 Å². The third-order valence-electron chi connectivity index (χ3n) is 5.60. The molecule has 0 atom stereocenters. The molecule has 0 radical (unpaired) electrons. The van der Waals surface area contributed by atoms with Crippen molar-refractivity contribution in [3.63, 3.8) is 0 Å². The molecule has 140 valence electrons. The van der Waals surface area contributed by atoms with Crippen LogP contribution in [-0.4, -0.2) is 43.4 Å². The lowest BCUT2D eigenvalue weighted by molar-refractivity contribution is 0.0683. The summed E-state index contributed by atoms with van der Waals surface area (Å²) in [6.07, 6.45) is 7.26. The Labute approximate surface area is 162 Å². The second-order valence-electron chi connectivity index (χ2n) is 7.38. The van der Waals surface area contributed by atoms with Crippen molar-refractivity contribution in [3.8, 4) is 0 Å². The molecule has 0 N–H and O–H groups in total. The van der Waals surface area contributed by atoms with Crippen LogP contribution < -0.4 is 0 Å². The predicted molar refractivity (Wildman–Crippen MR) is 108 cm³/mol. The third kappa shape index (κ3) is 3.11. The zero-order chi connectivity index (χ0) is 18.9. The summed E-state index contributed by atoms with van der Waals surface area (Å²) in [5, 5.41) is 0. The van der Waals surface area contributed by atoms with Gasteiger partial charge in [-0.3, -0.25) is 14.8 Å². The maximum Gasteiger partial charge on any atom is 0.253 e. The Balaban J connectivity index is 1.25. The number of hydrogen-bond acceptors (Lipinski definition) is 4. The van der Waals surface area contributed by atoms with Crippen molar-refractivity contribution in [1.82, 2.24) is 24.4 Å². The summed E-state index contributed by atoms with van der Waals surface area (Å²) < 4.78 is 2.24. The van der Waals surface area contributed by atoms with E-state index in [2.05, 4.69) is 31.7 Å². The zero-order valence-corrected chi connectivity index (χ0v) is 15.5. The Hall–Kier alpha value is -3.28. The van der Waals surface area contributed by atoms with Gasteiger partial charge in [0.15, 0.2) is 0 Å². The summed E-state index contributed by atoms with van der Waals surface area (Å²) in [6, 6.07) is 13.8. The second-order valence-corrected chi connectivity index (χ2v) is 7.38. The maximum atomic E-state index is 12.9. The second kappa shape index (κ2) is 7.03. The monoisotopic (exact) mass is 371 g/mol. The van der Waals surface area contributed by atoms with Crippen molar-refractivity contribution in [2.75, 3.05) is 13.1 Å². The minimum absolute atomic E-state index is 0.0825. The van der Waals surface area contributed by atoms with Gasteiger partial charge in [-0.05, 0) is 49.1 Å². The lowest BCUT2D eigenvalue weighted by Gasteiger charge is -2.32. The number of imidazole rings is 1. The first kappa shape index (κ1) is 16.9. The van der Waals surface area contributed by atoms with Crippen LogP contribution in [0.4, 0.5) is 0 Å². The maximum absolute atomic E-state index is 12.9. The summed E-state index contributed by atoms with van der Waals surface area (Å²) >= 11 is 0. The molecule has 1 fully saturated rings. The Morgan fingerprint density at radius 3 is 2.57 bits per heavy atom. The molecule has 0 unspecified atom stereocenters. The molecule has 0 spiro atoms. The van der Waals surface area contributed by atoms with Gasteiger partial charge in [0.25, 0.3) is 5.91 Å². The number of benzene rings is 2. The van der Waals surface area contributed by atoms with Crippen molar-refractivity contribution in [3.05, 3.63) is 66.7 Å². The highest BCUT2D eigenvalue weighted by atomic mass is 16.2. The van der Waals surface area contributed by atoms with Gasteiger partial charge in [-0.2, -0.15) is 0 Å². The number of para-hydroxylation sites is 2. The van der Waals surface area contributed by atoms with Crippen LogP contribution in [0, 0.1) is 5.92 Å². The molecule has 3 heterocycles. The summed E-state index contributed by atoms with van der Waals surface area (Å²) in [6.45, 7) is 2.53. The van der Waals surface area contributed by atoms with E-state index >= 15 is 0 Å². The quantitative estimate of drug-likeness (QED) is 0.553. The molecule has 5 rings (SSSR count). The normalized spacial score (nSPS) is 15.4. The molecule has 1 aliphatic rings. The van der Waals surface area contributed by atoms with Gasteiger partial charge in [0.1, 0.15) is 0 Å². The number of carbonyl (C=O) groups excluding carboxylic acids is 1. The number of rotatable bonds is 3. The summed E-state index contributed by atoms with van der Waals surface area (Å²) in [5.74, 6) is 0.642. The van der Waals surface area contributed by atoms with Gasteiger partial charge in [0, 0.05) is 37.6 Å². The van der Waals surface area contributed by atoms with Crippen LogP contribution in [0.25, 0.3) is 22.1 Å². The first-order valence-corrected chi connectivity index (χ1v) is 9.68. The molecule has 0 bridgehead atoms. The van der Waals surface area contributed by atoms with E-state index in [1.165, 1.54) is 5.52 Å². The van der Waals surface area contributed by atoms with Gasteiger partial charge in [0.05, 0.1) is 28.4 Å². The molecule has 2 aromatic heterocycles. The highest BCUT2D eigenvalue weighted by molar-refractivity contribution is 5.97. The van der Waals surface area contributed by atoms with E-state index in [1.807, 2.05) is 41.6 Å².